The van der Waals surface area contributed by atoms with E-state index in [0.717, 1.165) is 48.9 Å². The molecule has 1 aliphatic rings. The third-order valence-electron chi connectivity index (χ3n) is 11.2. The molecule has 2 unspecified atom stereocenters. The fourth-order valence-electron chi connectivity index (χ4n) is 7.91. The summed E-state index contributed by atoms with van der Waals surface area (Å²) in [5, 5.41) is 6.29. The highest BCUT2D eigenvalue weighted by Gasteiger charge is 2.52. The van der Waals surface area contributed by atoms with Gasteiger partial charge in [-0.15, -0.1) is 21.2 Å². The number of nitrogens with zero attached hydrogens (tertiary/aromatic N) is 5. The quantitative estimate of drug-likeness (QED) is 0.0464. The predicted molar refractivity (Wildman–Crippen MR) is 253 cm³/mol. The number of unbranched alkanes of at least 4 members (excludes halogenated alkanes) is 4. The molecule has 0 aliphatic heterocycles. The zero-order valence-electron chi connectivity index (χ0n) is 38.8. The molecule has 380 valence electrons. The van der Waals surface area contributed by atoms with Gasteiger partial charge in [0.15, 0.2) is 0 Å². The number of nitrogens with one attached hydrogen (secondary N) is 1. The molecule has 1 fully saturated rings. The number of carbonyl (C=O) groups excluding carboxylic acids is 2. The smallest absolute Gasteiger partial charge is 0.431 e. The number of anilines is 1. The normalized spacial score (nSPS) is 17.3. The lowest BCUT2D eigenvalue weighted by Crippen LogP contribution is -2.36. The van der Waals surface area contributed by atoms with Crippen molar-refractivity contribution < 1.29 is 58.0 Å². The first-order chi connectivity index (χ1) is 32.6. The number of aromatic nitrogens is 3. The Labute approximate surface area is 410 Å². The van der Waals surface area contributed by atoms with Crippen LogP contribution in [0.5, 0.6) is 0 Å². The number of hydrogen-bond donors (Lipinski definition) is 2. The maximum absolute atomic E-state index is 15.3. The Balaban J connectivity index is 1.79. The van der Waals surface area contributed by atoms with Crippen molar-refractivity contribution in [2.24, 2.45) is 16.6 Å². The maximum Gasteiger partial charge on any atom is 0.431 e. The number of carbonyl (C=O) groups is 2. The molecule has 0 radical (unpaired) electrons. The Bertz CT molecular complexity index is 2690. The predicted octanol–water partition coefficient (Wildman–Crippen LogP) is 11.4. The van der Waals surface area contributed by atoms with Crippen LogP contribution in [-0.2, 0) is 33.9 Å². The second-order valence-electron chi connectivity index (χ2n) is 17.2. The second kappa shape index (κ2) is 22.6. The fraction of sp³-hybridized carbons (Fsp3) is 0.468. The van der Waals surface area contributed by atoms with E-state index in [2.05, 4.69) is 27.2 Å². The summed E-state index contributed by atoms with van der Waals surface area (Å²) in [5.41, 5.74) is 0.297. The number of hydrogen-bond acceptors (Lipinski definition) is 8. The first-order valence-electron chi connectivity index (χ1n) is 21.8. The molecule has 70 heavy (non-hydrogen) atoms. The summed E-state index contributed by atoms with van der Waals surface area (Å²) >= 11 is 5.94. The summed E-state index contributed by atoms with van der Waals surface area (Å²) in [5.74, 6) is -3.88. The lowest BCUT2D eigenvalue weighted by molar-refractivity contribution is -0.141. The van der Waals surface area contributed by atoms with Gasteiger partial charge in [-0.2, -0.15) is 35.1 Å². The standard InChI is InChI=1S/C47H50ClF10N7O3S2/c1-7-8-9-10-11-12-36(67)65(70(6)68)43-38-33(48)16-15-32(40(38)64(63-43)25-46(53,54)55)31-14-13-30(17-18-44(3,4)69-5)61-39(31)34(21-27-19-28(49)22-29(50)20-27)62-35(66)24-60-42-37(41(59)47(56,57)58)26(2)23-45(42,51)52/h13-16,19-20,22,26,34H,7-12,21,23-25,59H2,1-6H3,(H,62,66)/t26-,34?,70?/m0/s1. The molecular weight excluding hydrogens is 1000 g/mol. The van der Waals surface area contributed by atoms with Crippen LogP contribution in [-0.4, -0.2) is 78.9 Å². The molecule has 0 saturated heterocycles. The van der Waals surface area contributed by atoms with Gasteiger partial charge in [0.1, 0.15) is 48.1 Å². The fourth-order valence-corrected chi connectivity index (χ4v) is 9.04. The average Bonchev–Trinajstić information content (AvgIpc) is 3.71. The van der Waals surface area contributed by atoms with Crippen LogP contribution in [0.4, 0.5) is 49.7 Å². The second-order valence-corrected chi connectivity index (χ2v) is 20.2. The van der Waals surface area contributed by atoms with Crippen molar-refractivity contribution in [1.82, 2.24) is 20.1 Å². The van der Waals surface area contributed by atoms with E-state index in [9.17, 15) is 49.3 Å². The van der Waals surface area contributed by atoms with Crippen LogP contribution in [0.3, 0.4) is 0 Å². The van der Waals surface area contributed by atoms with Crippen LogP contribution < -0.4 is 15.4 Å². The molecule has 3 atom stereocenters. The van der Waals surface area contributed by atoms with Gasteiger partial charge in [0.2, 0.25) is 11.7 Å². The van der Waals surface area contributed by atoms with Gasteiger partial charge < -0.3 is 15.6 Å². The Hall–Kier alpha value is -4.98. The van der Waals surface area contributed by atoms with Crippen molar-refractivity contribution in [1.29, 1.82) is 0 Å². The van der Waals surface area contributed by atoms with Crippen molar-refractivity contribution in [2.45, 2.75) is 115 Å². The molecule has 4 aromatic rings. The molecule has 2 aromatic heterocycles. The van der Waals surface area contributed by atoms with E-state index in [-0.39, 0.29) is 50.4 Å². The molecule has 5 rings (SSSR count). The molecule has 3 N–H and O–H groups in total. The van der Waals surface area contributed by atoms with E-state index < -0.39 is 119 Å². The molecule has 0 spiro atoms. The number of allylic oxidation sites excluding steroid dienone is 2. The number of aliphatic imine (C=N–C) groups is 1. The minimum absolute atomic E-state index is 0.0227. The number of rotatable bonds is 17. The SMILES string of the molecule is CCCCCCCC(=O)N(c1nn(CC(F)(F)F)c2c(-c3ccc(C#CC(C)(C)SC)nc3C(Cc3cc(F)cc(F)c3)NC(=O)CN=C3C(=C(N)C(F)(F)F)[C@@H](C)CC3(F)F)ccc(Cl)c12)[S+](C)[O-]. The number of alkyl halides is 8. The number of nitrogens with two attached hydrogens (primary N) is 1. The van der Waals surface area contributed by atoms with Gasteiger partial charge >= 0.3 is 12.4 Å². The molecular formula is C47H50ClF10N7O3S2. The summed E-state index contributed by atoms with van der Waals surface area (Å²) in [6.45, 7) is 3.71. The first kappa shape index (κ1) is 55.9. The monoisotopic (exact) mass is 1050 g/mol. The Morgan fingerprint density at radius 1 is 1.06 bits per heavy atom. The molecule has 2 aromatic carbocycles. The van der Waals surface area contributed by atoms with Crippen molar-refractivity contribution in [3.05, 3.63) is 87.3 Å². The van der Waals surface area contributed by atoms with E-state index in [4.69, 9.17) is 22.3 Å². The molecule has 1 aliphatic carbocycles. The summed E-state index contributed by atoms with van der Waals surface area (Å²) < 4.78 is 159. The number of amides is 2. The minimum atomic E-state index is -5.22. The van der Waals surface area contributed by atoms with Gasteiger partial charge in [-0.25, -0.2) is 13.8 Å². The Kier molecular flexibility index (Phi) is 18.1. The number of fused-ring (bicyclic) bond motifs is 1. The van der Waals surface area contributed by atoms with Gasteiger partial charge in [-0.3, -0.25) is 19.3 Å². The topological polar surface area (TPSA) is 142 Å². The maximum atomic E-state index is 15.3. The molecule has 0 bridgehead atoms. The molecule has 2 heterocycles. The van der Waals surface area contributed by atoms with E-state index in [1.165, 1.54) is 36.0 Å². The number of halogens is 11. The largest absolute Gasteiger partial charge is 0.593 e. The minimum Gasteiger partial charge on any atom is -0.593 e. The van der Waals surface area contributed by atoms with Crippen molar-refractivity contribution in [3.63, 3.8) is 0 Å². The number of thioether (sulfide) groups is 1. The highest BCUT2D eigenvalue weighted by atomic mass is 35.5. The van der Waals surface area contributed by atoms with Crippen molar-refractivity contribution in [2.75, 3.05) is 23.4 Å². The zero-order valence-corrected chi connectivity index (χ0v) is 41.2. The Morgan fingerprint density at radius 2 is 1.70 bits per heavy atom. The van der Waals surface area contributed by atoms with E-state index >= 15 is 8.78 Å². The first-order valence-corrected chi connectivity index (χ1v) is 24.9. The van der Waals surface area contributed by atoms with Crippen LogP contribution >= 0.6 is 23.4 Å². The van der Waals surface area contributed by atoms with Crippen LogP contribution in [0, 0.1) is 29.4 Å². The summed E-state index contributed by atoms with van der Waals surface area (Å²) in [6.07, 6.45) is -5.35. The number of benzene rings is 2. The third kappa shape index (κ3) is 13.9. The summed E-state index contributed by atoms with van der Waals surface area (Å²) in [6, 6.07) is 6.17. The van der Waals surface area contributed by atoms with E-state index in [1.54, 1.807) is 20.1 Å². The molecule has 1 saturated carbocycles. The van der Waals surface area contributed by atoms with Crippen LogP contribution in [0.25, 0.3) is 22.0 Å². The van der Waals surface area contributed by atoms with Gasteiger partial charge in [-0.05, 0) is 80.7 Å². The van der Waals surface area contributed by atoms with Crippen LogP contribution in [0.2, 0.25) is 5.02 Å². The van der Waals surface area contributed by atoms with Crippen molar-refractivity contribution in [3.8, 4) is 23.0 Å². The molecule has 2 amide bonds. The molecule has 23 heteroatoms. The average molecular weight is 1050 g/mol. The molecule has 10 nitrogen and oxygen atoms in total. The van der Waals surface area contributed by atoms with Crippen LogP contribution in [0.15, 0.2) is 58.7 Å². The lowest BCUT2D eigenvalue weighted by atomic mass is 9.93. The summed E-state index contributed by atoms with van der Waals surface area (Å²) in [4.78, 5) is 36.0. The van der Waals surface area contributed by atoms with Gasteiger partial charge in [-0.1, -0.05) is 63.1 Å². The van der Waals surface area contributed by atoms with E-state index in [1.807, 2.05) is 6.92 Å². The van der Waals surface area contributed by atoms with Gasteiger partial charge in [0.25, 0.3) is 11.8 Å². The van der Waals surface area contributed by atoms with Crippen molar-refractivity contribution >= 4 is 69.0 Å². The van der Waals surface area contributed by atoms with Gasteiger partial charge in [0.05, 0.1) is 43.8 Å². The van der Waals surface area contributed by atoms with Gasteiger partial charge in [0, 0.05) is 35.6 Å². The third-order valence-corrected chi connectivity index (χ3v) is 13.5. The van der Waals surface area contributed by atoms with Crippen LogP contribution in [0.1, 0.15) is 95.6 Å². The highest BCUT2D eigenvalue weighted by Crippen LogP contribution is 2.45. The highest BCUT2D eigenvalue weighted by molar-refractivity contribution is 8.00. The summed E-state index contributed by atoms with van der Waals surface area (Å²) in [7, 11) is 0. The Morgan fingerprint density at radius 3 is 2.30 bits per heavy atom. The lowest BCUT2D eigenvalue weighted by Gasteiger charge is -2.23. The number of pyridine rings is 1. The van der Waals surface area contributed by atoms with E-state index in [0.29, 0.717) is 23.6 Å². The zero-order chi connectivity index (χ0) is 52.1.